The van der Waals surface area contributed by atoms with Gasteiger partial charge in [0.2, 0.25) is 0 Å². The molecule has 2 rings (SSSR count). The van der Waals surface area contributed by atoms with Gasteiger partial charge in [-0.1, -0.05) is 0 Å². The molecule has 1 heterocycles. The molecular formula is C9H7BrO2S. The van der Waals surface area contributed by atoms with E-state index in [1.54, 1.807) is 18.4 Å². The van der Waals surface area contributed by atoms with E-state index in [2.05, 4.69) is 15.9 Å². The van der Waals surface area contributed by atoms with Gasteiger partial charge >= 0.3 is 0 Å². The summed E-state index contributed by atoms with van der Waals surface area (Å²) in [6.07, 6.45) is 0. The maximum Gasteiger partial charge on any atom is 0.172 e. The molecule has 2 aromatic rings. The number of phenolic OH excluding ortho intramolecular Hbond substituents is 1. The zero-order valence-corrected chi connectivity index (χ0v) is 9.28. The lowest BCUT2D eigenvalue weighted by Crippen LogP contribution is -1.84. The Kier molecular flexibility index (Phi) is 2.17. The molecule has 1 aromatic heterocycles. The minimum atomic E-state index is 0.161. The predicted octanol–water partition coefficient (Wildman–Crippen LogP) is 3.38. The van der Waals surface area contributed by atoms with Crippen molar-refractivity contribution in [3.05, 3.63) is 22.0 Å². The van der Waals surface area contributed by atoms with E-state index >= 15 is 0 Å². The third kappa shape index (κ3) is 1.30. The Hall–Kier alpha value is -0.740. The molecule has 4 heteroatoms. The fraction of sp³-hybridized carbons (Fsp3) is 0.111. The quantitative estimate of drug-likeness (QED) is 0.850. The van der Waals surface area contributed by atoms with E-state index in [1.807, 2.05) is 17.5 Å². The molecule has 0 radical (unpaired) electrons. The van der Waals surface area contributed by atoms with Gasteiger partial charge in [-0.3, -0.25) is 0 Å². The SMILES string of the molecule is COc1c(O)c(Br)cc2sccc12. The highest BCUT2D eigenvalue weighted by Crippen LogP contribution is 2.42. The highest BCUT2D eigenvalue weighted by Gasteiger charge is 2.11. The van der Waals surface area contributed by atoms with Crippen molar-refractivity contribution < 1.29 is 9.84 Å². The van der Waals surface area contributed by atoms with Gasteiger partial charge in [-0.05, 0) is 33.4 Å². The van der Waals surface area contributed by atoms with Crippen molar-refractivity contribution in [2.24, 2.45) is 0 Å². The van der Waals surface area contributed by atoms with E-state index in [-0.39, 0.29) is 5.75 Å². The number of aromatic hydroxyl groups is 1. The second-order valence-corrected chi connectivity index (χ2v) is 4.37. The summed E-state index contributed by atoms with van der Waals surface area (Å²) >= 11 is 4.89. The number of halogens is 1. The van der Waals surface area contributed by atoms with E-state index in [0.717, 1.165) is 10.1 Å². The molecule has 0 unspecified atom stereocenters. The summed E-state index contributed by atoms with van der Waals surface area (Å²) in [6, 6.07) is 3.82. The van der Waals surface area contributed by atoms with Crippen LogP contribution in [0, 0.1) is 0 Å². The van der Waals surface area contributed by atoms with Crippen LogP contribution < -0.4 is 4.74 Å². The molecule has 0 spiro atoms. The average molecular weight is 259 g/mol. The summed E-state index contributed by atoms with van der Waals surface area (Å²) in [5.41, 5.74) is 0. The number of thiophene rings is 1. The first-order valence-electron chi connectivity index (χ1n) is 3.66. The van der Waals surface area contributed by atoms with Crippen LogP contribution >= 0.6 is 27.3 Å². The van der Waals surface area contributed by atoms with Crippen LogP contribution in [0.2, 0.25) is 0 Å². The van der Waals surface area contributed by atoms with Gasteiger partial charge in [0.15, 0.2) is 11.5 Å². The standard InChI is InChI=1S/C9H7BrO2S/c1-12-9-5-2-3-13-7(5)4-6(10)8(9)11/h2-4,11H,1H3. The molecule has 1 N–H and O–H groups in total. The van der Waals surface area contributed by atoms with E-state index in [9.17, 15) is 5.11 Å². The number of hydrogen-bond acceptors (Lipinski definition) is 3. The van der Waals surface area contributed by atoms with Crippen LogP contribution in [0.4, 0.5) is 0 Å². The highest BCUT2D eigenvalue weighted by molar-refractivity contribution is 9.10. The van der Waals surface area contributed by atoms with Gasteiger partial charge in [-0.25, -0.2) is 0 Å². The van der Waals surface area contributed by atoms with Gasteiger partial charge in [0.25, 0.3) is 0 Å². The summed E-state index contributed by atoms with van der Waals surface area (Å²) in [6.45, 7) is 0. The van der Waals surface area contributed by atoms with Crippen molar-refractivity contribution in [3.63, 3.8) is 0 Å². The summed E-state index contributed by atoms with van der Waals surface area (Å²) in [5, 5.41) is 12.6. The fourth-order valence-electron chi connectivity index (χ4n) is 1.25. The number of hydrogen-bond donors (Lipinski definition) is 1. The molecule has 0 saturated heterocycles. The molecule has 0 fully saturated rings. The molecule has 0 saturated carbocycles. The Bertz CT molecular complexity index is 450. The molecule has 2 nitrogen and oxygen atoms in total. The van der Waals surface area contributed by atoms with E-state index in [4.69, 9.17) is 4.74 Å². The van der Waals surface area contributed by atoms with Crippen LogP contribution in [-0.4, -0.2) is 12.2 Å². The van der Waals surface area contributed by atoms with Gasteiger partial charge in [0.05, 0.1) is 11.6 Å². The van der Waals surface area contributed by atoms with Crippen LogP contribution in [0.1, 0.15) is 0 Å². The second-order valence-electron chi connectivity index (χ2n) is 2.57. The van der Waals surface area contributed by atoms with E-state index in [0.29, 0.717) is 10.2 Å². The zero-order valence-electron chi connectivity index (χ0n) is 6.87. The number of ether oxygens (including phenoxy) is 1. The number of fused-ring (bicyclic) bond motifs is 1. The molecule has 0 amide bonds. The first-order chi connectivity index (χ1) is 6.24. The largest absolute Gasteiger partial charge is 0.503 e. The molecular weight excluding hydrogens is 252 g/mol. The monoisotopic (exact) mass is 258 g/mol. The number of phenols is 1. The Morgan fingerprint density at radius 2 is 2.31 bits per heavy atom. The topological polar surface area (TPSA) is 29.5 Å². The number of methoxy groups -OCH3 is 1. The van der Waals surface area contributed by atoms with Crippen molar-refractivity contribution in [3.8, 4) is 11.5 Å². The van der Waals surface area contributed by atoms with E-state index < -0.39 is 0 Å². The molecule has 68 valence electrons. The van der Waals surface area contributed by atoms with Crippen LogP contribution in [0.25, 0.3) is 10.1 Å². The van der Waals surface area contributed by atoms with Gasteiger partial charge < -0.3 is 9.84 Å². The Balaban J connectivity index is 2.87. The molecule has 0 aliphatic heterocycles. The summed E-state index contributed by atoms with van der Waals surface area (Å²) in [4.78, 5) is 0. The van der Waals surface area contributed by atoms with E-state index in [1.165, 1.54) is 0 Å². The first-order valence-corrected chi connectivity index (χ1v) is 5.34. The second kappa shape index (κ2) is 3.20. The van der Waals surface area contributed by atoms with Gasteiger partial charge in [0.1, 0.15) is 0 Å². The molecule has 1 aromatic carbocycles. The minimum absolute atomic E-state index is 0.161. The molecule has 0 bridgehead atoms. The average Bonchev–Trinajstić information content (AvgIpc) is 2.54. The summed E-state index contributed by atoms with van der Waals surface area (Å²) < 4.78 is 6.89. The Morgan fingerprint density at radius 1 is 1.54 bits per heavy atom. The van der Waals surface area contributed by atoms with Crippen LogP contribution in [-0.2, 0) is 0 Å². The van der Waals surface area contributed by atoms with Crippen molar-refractivity contribution in [1.29, 1.82) is 0 Å². The van der Waals surface area contributed by atoms with Crippen molar-refractivity contribution in [2.75, 3.05) is 7.11 Å². The lowest BCUT2D eigenvalue weighted by molar-refractivity contribution is 0.376. The normalized spacial score (nSPS) is 10.6. The van der Waals surface area contributed by atoms with Crippen molar-refractivity contribution in [2.45, 2.75) is 0 Å². The van der Waals surface area contributed by atoms with Crippen LogP contribution in [0.15, 0.2) is 22.0 Å². The first kappa shape index (κ1) is 8.84. The van der Waals surface area contributed by atoms with Gasteiger partial charge in [0, 0.05) is 10.1 Å². The third-order valence-electron chi connectivity index (χ3n) is 1.84. The smallest absolute Gasteiger partial charge is 0.172 e. The zero-order chi connectivity index (χ0) is 9.42. The van der Waals surface area contributed by atoms with Crippen molar-refractivity contribution in [1.82, 2.24) is 0 Å². The van der Waals surface area contributed by atoms with Crippen LogP contribution in [0.5, 0.6) is 11.5 Å². The molecule has 0 atom stereocenters. The lowest BCUT2D eigenvalue weighted by atomic mass is 10.2. The predicted molar refractivity (Wildman–Crippen MR) is 57.7 cm³/mol. The maximum absolute atomic E-state index is 9.65. The van der Waals surface area contributed by atoms with Gasteiger partial charge in [-0.2, -0.15) is 0 Å². The highest BCUT2D eigenvalue weighted by atomic mass is 79.9. The lowest BCUT2D eigenvalue weighted by Gasteiger charge is -2.06. The number of rotatable bonds is 1. The number of benzene rings is 1. The third-order valence-corrected chi connectivity index (χ3v) is 3.31. The Labute approximate surface area is 87.9 Å². The molecule has 13 heavy (non-hydrogen) atoms. The molecule has 0 aliphatic carbocycles. The maximum atomic E-state index is 9.65. The van der Waals surface area contributed by atoms with Crippen LogP contribution in [0.3, 0.4) is 0 Å². The summed E-state index contributed by atoms with van der Waals surface area (Å²) in [7, 11) is 1.55. The fourth-order valence-corrected chi connectivity index (χ4v) is 2.63. The molecule has 0 aliphatic rings. The van der Waals surface area contributed by atoms with Gasteiger partial charge in [-0.15, -0.1) is 11.3 Å². The summed E-state index contributed by atoms with van der Waals surface area (Å²) in [5.74, 6) is 0.694. The minimum Gasteiger partial charge on any atom is -0.503 e. The Morgan fingerprint density at radius 3 is 3.00 bits per heavy atom. The van der Waals surface area contributed by atoms with Crippen molar-refractivity contribution >= 4 is 37.4 Å².